The van der Waals surface area contributed by atoms with Crippen LogP contribution in [-0.2, 0) is 11.3 Å². The van der Waals surface area contributed by atoms with E-state index in [9.17, 15) is 5.11 Å². The Labute approximate surface area is 148 Å². The third-order valence-electron chi connectivity index (χ3n) is 4.48. The highest BCUT2D eigenvalue weighted by atomic mass is 16.5. The van der Waals surface area contributed by atoms with Crippen LogP contribution >= 0.6 is 0 Å². The van der Waals surface area contributed by atoms with E-state index in [1.165, 1.54) is 0 Å². The van der Waals surface area contributed by atoms with Crippen LogP contribution in [0.2, 0.25) is 0 Å². The molecule has 1 aliphatic heterocycles. The van der Waals surface area contributed by atoms with Crippen molar-refractivity contribution >= 4 is 0 Å². The van der Waals surface area contributed by atoms with Crippen molar-refractivity contribution in [3.8, 4) is 0 Å². The SMILES string of the molecule is CC(C)c1nc([C@@H]2CCCN2C[C@H](O)COCc2ccccc2)no1. The molecule has 0 amide bonds. The second-order valence-electron chi connectivity index (χ2n) is 6.95. The van der Waals surface area contributed by atoms with Crippen molar-refractivity contribution in [2.24, 2.45) is 0 Å². The fourth-order valence-electron chi connectivity index (χ4n) is 3.16. The smallest absolute Gasteiger partial charge is 0.229 e. The first-order chi connectivity index (χ1) is 12.1. The molecular weight excluding hydrogens is 318 g/mol. The number of hydrogen-bond acceptors (Lipinski definition) is 6. The van der Waals surface area contributed by atoms with E-state index in [1.54, 1.807) is 0 Å². The van der Waals surface area contributed by atoms with Gasteiger partial charge in [0.05, 0.1) is 25.4 Å². The van der Waals surface area contributed by atoms with Gasteiger partial charge in [-0.1, -0.05) is 49.3 Å². The highest BCUT2D eigenvalue weighted by Gasteiger charge is 2.31. The van der Waals surface area contributed by atoms with Gasteiger partial charge in [0.15, 0.2) is 5.82 Å². The van der Waals surface area contributed by atoms with Gasteiger partial charge in [-0.25, -0.2) is 0 Å². The zero-order valence-corrected chi connectivity index (χ0v) is 15.0. The summed E-state index contributed by atoms with van der Waals surface area (Å²) >= 11 is 0. The van der Waals surface area contributed by atoms with Crippen LogP contribution in [0.15, 0.2) is 34.9 Å². The van der Waals surface area contributed by atoms with Crippen LogP contribution < -0.4 is 0 Å². The highest BCUT2D eigenvalue weighted by molar-refractivity contribution is 5.13. The number of ether oxygens (including phenoxy) is 1. The molecule has 0 saturated carbocycles. The van der Waals surface area contributed by atoms with Gasteiger partial charge in [-0.2, -0.15) is 4.98 Å². The molecule has 0 radical (unpaired) electrons. The highest BCUT2D eigenvalue weighted by Crippen LogP contribution is 2.30. The molecule has 2 aromatic rings. The number of hydrogen-bond donors (Lipinski definition) is 1. The quantitative estimate of drug-likeness (QED) is 0.793. The maximum atomic E-state index is 10.3. The second-order valence-corrected chi connectivity index (χ2v) is 6.95. The molecule has 0 bridgehead atoms. The molecule has 1 aliphatic rings. The molecule has 0 aliphatic carbocycles. The molecule has 6 nitrogen and oxygen atoms in total. The van der Waals surface area contributed by atoms with Crippen LogP contribution in [0.1, 0.15) is 55.9 Å². The van der Waals surface area contributed by atoms with Crippen molar-refractivity contribution in [1.29, 1.82) is 0 Å². The average molecular weight is 345 g/mol. The predicted octanol–water partition coefficient (Wildman–Crippen LogP) is 2.91. The molecule has 0 unspecified atom stereocenters. The summed E-state index contributed by atoms with van der Waals surface area (Å²) in [7, 11) is 0. The average Bonchev–Trinajstić information content (AvgIpc) is 3.24. The van der Waals surface area contributed by atoms with Gasteiger partial charge >= 0.3 is 0 Å². The van der Waals surface area contributed by atoms with Gasteiger partial charge < -0.3 is 14.4 Å². The Hall–Kier alpha value is -1.76. The molecule has 2 heterocycles. The molecule has 25 heavy (non-hydrogen) atoms. The third-order valence-corrected chi connectivity index (χ3v) is 4.48. The molecule has 1 aromatic carbocycles. The minimum Gasteiger partial charge on any atom is -0.389 e. The molecule has 1 aromatic heterocycles. The van der Waals surface area contributed by atoms with Gasteiger partial charge in [-0.3, -0.25) is 4.90 Å². The minimum atomic E-state index is -0.527. The Balaban J connectivity index is 1.48. The number of aliphatic hydroxyl groups excluding tert-OH is 1. The summed E-state index contributed by atoms with van der Waals surface area (Å²) in [6, 6.07) is 10.1. The van der Waals surface area contributed by atoms with E-state index in [0.717, 1.165) is 30.8 Å². The predicted molar refractivity (Wildman–Crippen MR) is 94.0 cm³/mol. The van der Waals surface area contributed by atoms with Crippen molar-refractivity contribution in [3.05, 3.63) is 47.6 Å². The summed E-state index contributed by atoms with van der Waals surface area (Å²) in [5.74, 6) is 1.64. The first-order valence-corrected chi connectivity index (χ1v) is 9.00. The minimum absolute atomic E-state index is 0.125. The van der Waals surface area contributed by atoms with E-state index >= 15 is 0 Å². The van der Waals surface area contributed by atoms with Crippen LogP contribution in [0.5, 0.6) is 0 Å². The van der Waals surface area contributed by atoms with Gasteiger partial charge in [0.25, 0.3) is 0 Å². The van der Waals surface area contributed by atoms with E-state index in [2.05, 4.69) is 15.0 Å². The molecule has 136 valence electrons. The maximum Gasteiger partial charge on any atom is 0.229 e. The number of aliphatic hydroxyl groups is 1. The first-order valence-electron chi connectivity index (χ1n) is 9.00. The lowest BCUT2D eigenvalue weighted by atomic mass is 10.2. The Morgan fingerprint density at radius 3 is 2.84 bits per heavy atom. The maximum absolute atomic E-state index is 10.3. The van der Waals surface area contributed by atoms with E-state index in [4.69, 9.17) is 9.26 Å². The van der Waals surface area contributed by atoms with Crippen LogP contribution in [-0.4, -0.2) is 45.9 Å². The summed E-state index contributed by atoms with van der Waals surface area (Å²) < 4.78 is 11.0. The topological polar surface area (TPSA) is 71.6 Å². The zero-order chi connectivity index (χ0) is 17.6. The zero-order valence-electron chi connectivity index (χ0n) is 15.0. The second kappa shape index (κ2) is 8.56. The number of benzene rings is 1. The normalized spacial score (nSPS) is 19.6. The fraction of sp³-hybridized carbons (Fsp3) is 0.579. The molecule has 1 saturated heterocycles. The standard InChI is InChI=1S/C19H27N3O3/c1-14(2)19-20-18(21-25-19)17-9-6-10-22(17)11-16(23)13-24-12-15-7-4-3-5-8-15/h3-5,7-8,14,16-17,23H,6,9-13H2,1-2H3/t16-,17-/m0/s1. The molecule has 3 rings (SSSR count). The third kappa shape index (κ3) is 4.87. The van der Waals surface area contributed by atoms with Crippen LogP contribution in [0.4, 0.5) is 0 Å². The van der Waals surface area contributed by atoms with E-state index in [1.807, 2.05) is 44.2 Å². The summed E-state index contributed by atoms with van der Waals surface area (Å²) in [6.07, 6.45) is 1.54. The number of nitrogens with zero attached hydrogens (tertiary/aromatic N) is 3. The van der Waals surface area contributed by atoms with Gasteiger partial charge in [0, 0.05) is 12.5 Å². The number of aromatic nitrogens is 2. The lowest BCUT2D eigenvalue weighted by Crippen LogP contribution is -2.35. The van der Waals surface area contributed by atoms with Crippen molar-refractivity contribution in [3.63, 3.8) is 0 Å². The van der Waals surface area contributed by atoms with E-state index < -0.39 is 6.10 Å². The summed E-state index contributed by atoms with van der Waals surface area (Å²) in [6.45, 7) is 6.41. The monoisotopic (exact) mass is 345 g/mol. The van der Waals surface area contributed by atoms with Crippen molar-refractivity contribution in [1.82, 2.24) is 15.0 Å². The number of rotatable bonds is 8. The Morgan fingerprint density at radius 2 is 2.12 bits per heavy atom. The summed E-state index contributed by atoms with van der Waals surface area (Å²) in [5.41, 5.74) is 1.11. The molecule has 1 N–H and O–H groups in total. The lowest BCUT2D eigenvalue weighted by molar-refractivity contribution is 0.00710. The molecule has 0 spiro atoms. The van der Waals surface area contributed by atoms with E-state index in [0.29, 0.717) is 25.6 Å². The summed E-state index contributed by atoms with van der Waals surface area (Å²) in [5, 5.41) is 14.5. The Morgan fingerprint density at radius 1 is 1.32 bits per heavy atom. The first kappa shape index (κ1) is 18.0. The summed E-state index contributed by atoms with van der Waals surface area (Å²) in [4.78, 5) is 6.75. The fourth-order valence-corrected chi connectivity index (χ4v) is 3.16. The largest absolute Gasteiger partial charge is 0.389 e. The van der Waals surface area contributed by atoms with Gasteiger partial charge in [0.2, 0.25) is 5.89 Å². The van der Waals surface area contributed by atoms with Gasteiger partial charge in [-0.15, -0.1) is 0 Å². The molecular formula is C19H27N3O3. The van der Waals surface area contributed by atoms with Crippen molar-refractivity contribution < 1.29 is 14.4 Å². The van der Waals surface area contributed by atoms with Crippen LogP contribution in [0.3, 0.4) is 0 Å². The van der Waals surface area contributed by atoms with Gasteiger partial charge in [-0.05, 0) is 24.9 Å². The molecule has 6 heteroatoms. The van der Waals surface area contributed by atoms with Gasteiger partial charge in [0.1, 0.15) is 0 Å². The van der Waals surface area contributed by atoms with Crippen molar-refractivity contribution in [2.75, 3.05) is 19.7 Å². The Kier molecular flexibility index (Phi) is 6.18. The number of β-amino-alcohol motifs (C(OH)–C–C–N with tert-alkyl or cyclic N) is 1. The van der Waals surface area contributed by atoms with E-state index in [-0.39, 0.29) is 12.0 Å². The lowest BCUT2D eigenvalue weighted by Gasteiger charge is -2.24. The molecule has 2 atom stereocenters. The van der Waals surface area contributed by atoms with Crippen molar-refractivity contribution in [2.45, 2.75) is 51.4 Å². The Bertz CT molecular complexity index is 644. The van der Waals surface area contributed by atoms with Crippen LogP contribution in [0.25, 0.3) is 0 Å². The van der Waals surface area contributed by atoms with Crippen LogP contribution in [0, 0.1) is 0 Å². The molecule has 1 fully saturated rings. The number of likely N-dealkylation sites (tertiary alicyclic amines) is 1.